The molecule has 0 fully saturated rings. The summed E-state index contributed by atoms with van der Waals surface area (Å²) in [4.78, 5) is -0.927. The maximum atomic E-state index is 11.4. The van der Waals surface area contributed by atoms with Crippen LogP contribution in [0.1, 0.15) is 26.7 Å². The van der Waals surface area contributed by atoms with Crippen LogP contribution in [0.25, 0.3) is 0 Å². The number of hydrogen-bond donors (Lipinski definition) is 2. The van der Waals surface area contributed by atoms with Gasteiger partial charge in [0, 0.05) is 0 Å². The van der Waals surface area contributed by atoms with Crippen LogP contribution in [0.4, 0.5) is 0 Å². The van der Waals surface area contributed by atoms with Gasteiger partial charge in [0.1, 0.15) is 0 Å². The van der Waals surface area contributed by atoms with Gasteiger partial charge in [-0.1, -0.05) is 24.3 Å². The second-order valence-electron chi connectivity index (χ2n) is 4.59. The highest BCUT2D eigenvalue weighted by Gasteiger charge is 2.28. The highest BCUT2D eigenvalue weighted by Crippen LogP contribution is 2.35. The molecule has 0 radical (unpaired) electrons. The monoisotopic (exact) mass is 320 g/mol. The van der Waals surface area contributed by atoms with Crippen molar-refractivity contribution in [3.8, 4) is 0 Å². The van der Waals surface area contributed by atoms with Gasteiger partial charge < -0.3 is 0 Å². The SMILES string of the molecule is C=C(C1=C(C=C(C)C)C(S(=O)(=O)O)=CCC1)S(=O)(=O)O. The van der Waals surface area contributed by atoms with Crippen LogP contribution in [0.3, 0.4) is 0 Å². The summed E-state index contributed by atoms with van der Waals surface area (Å²) >= 11 is 0. The third kappa shape index (κ3) is 3.89. The van der Waals surface area contributed by atoms with Crippen LogP contribution < -0.4 is 0 Å². The van der Waals surface area contributed by atoms with E-state index in [0.29, 0.717) is 5.57 Å². The van der Waals surface area contributed by atoms with Crippen molar-refractivity contribution in [2.75, 3.05) is 0 Å². The molecule has 2 N–H and O–H groups in total. The van der Waals surface area contributed by atoms with Gasteiger partial charge in [-0.2, -0.15) is 16.8 Å². The third-order valence-corrected chi connectivity index (χ3v) is 4.49. The minimum atomic E-state index is -4.53. The molecule has 0 saturated heterocycles. The molecular formula is C12H16O6S2. The summed E-state index contributed by atoms with van der Waals surface area (Å²) < 4.78 is 63.4. The van der Waals surface area contributed by atoms with E-state index in [1.165, 1.54) is 12.2 Å². The Morgan fingerprint density at radius 1 is 1.25 bits per heavy atom. The van der Waals surface area contributed by atoms with Crippen LogP contribution in [0, 0.1) is 0 Å². The largest absolute Gasteiger partial charge is 0.294 e. The molecule has 1 aliphatic carbocycles. The standard InChI is InChI=1S/C12H16O6S2/c1-8(2)7-11-10(9(3)19(13,14)15)5-4-6-12(11)20(16,17)18/h6-7H,3-5H2,1-2H3,(H,13,14,15)(H,16,17,18). The molecule has 0 aromatic heterocycles. The fourth-order valence-electron chi connectivity index (χ4n) is 1.88. The quantitative estimate of drug-likeness (QED) is 0.769. The summed E-state index contributed by atoms with van der Waals surface area (Å²) in [5.41, 5.74) is 0.835. The van der Waals surface area contributed by atoms with E-state index in [1.54, 1.807) is 13.8 Å². The van der Waals surface area contributed by atoms with E-state index in [0.717, 1.165) is 0 Å². The van der Waals surface area contributed by atoms with Crippen LogP contribution in [-0.4, -0.2) is 25.9 Å². The molecule has 8 heteroatoms. The zero-order chi connectivity index (χ0) is 15.7. The first-order valence-corrected chi connectivity index (χ1v) is 8.55. The van der Waals surface area contributed by atoms with Gasteiger partial charge in [-0.3, -0.25) is 9.11 Å². The second-order valence-corrected chi connectivity index (χ2v) is 7.43. The van der Waals surface area contributed by atoms with Crippen LogP contribution in [0.5, 0.6) is 0 Å². The Kier molecular flexibility index (Phi) is 4.75. The van der Waals surface area contributed by atoms with Crippen molar-refractivity contribution in [3.05, 3.63) is 45.3 Å². The Hall–Kier alpha value is -1.22. The molecule has 0 atom stereocenters. The fraction of sp³-hybridized carbons (Fsp3) is 0.333. The molecule has 0 aliphatic heterocycles. The molecule has 0 aromatic rings. The van der Waals surface area contributed by atoms with E-state index >= 15 is 0 Å². The van der Waals surface area contributed by atoms with Crippen LogP contribution in [0.15, 0.2) is 45.3 Å². The summed E-state index contributed by atoms with van der Waals surface area (Å²) in [6.07, 6.45) is 3.17. The van der Waals surface area contributed by atoms with Crippen LogP contribution >= 0.6 is 0 Å². The van der Waals surface area contributed by atoms with E-state index in [1.807, 2.05) is 0 Å². The smallest absolute Gasteiger partial charge is 0.282 e. The minimum absolute atomic E-state index is 0.0429. The van der Waals surface area contributed by atoms with Crippen molar-refractivity contribution in [1.29, 1.82) is 0 Å². The van der Waals surface area contributed by atoms with Gasteiger partial charge in [0.2, 0.25) is 0 Å². The normalized spacial score (nSPS) is 16.7. The van der Waals surface area contributed by atoms with Gasteiger partial charge in [-0.05, 0) is 37.8 Å². The maximum absolute atomic E-state index is 11.4. The summed E-state index contributed by atoms with van der Waals surface area (Å²) in [5.74, 6) is 0. The molecule has 0 amide bonds. The van der Waals surface area contributed by atoms with Crippen LogP contribution in [0.2, 0.25) is 0 Å². The van der Waals surface area contributed by atoms with Gasteiger partial charge in [-0.15, -0.1) is 0 Å². The highest BCUT2D eigenvalue weighted by molar-refractivity contribution is 7.90. The average Bonchev–Trinajstić information content (AvgIpc) is 2.24. The maximum Gasteiger partial charge on any atom is 0.294 e. The van der Waals surface area contributed by atoms with Gasteiger partial charge in [0.25, 0.3) is 20.2 Å². The number of allylic oxidation sites excluding steroid dienone is 5. The topological polar surface area (TPSA) is 109 Å². The molecule has 112 valence electrons. The molecule has 0 saturated carbocycles. The molecule has 0 unspecified atom stereocenters. The Labute approximate surface area is 118 Å². The third-order valence-electron chi connectivity index (χ3n) is 2.67. The molecule has 0 aromatic carbocycles. The summed E-state index contributed by atoms with van der Waals surface area (Å²) in [5, 5.41) is 0. The highest BCUT2D eigenvalue weighted by atomic mass is 32.2. The Morgan fingerprint density at radius 3 is 2.20 bits per heavy atom. The summed E-state index contributed by atoms with van der Waals surface area (Å²) in [6, 6.07) is 0. The van der Waals surface area contributed by atoms with Crippen molar-refractivity contribution in [2.45, 2.75) is 26.7 Å². The molecular weight excluding hydrogens is 304 g/mol. The first kappa shape index (κ1) is 16.8. The van der Waals surface area contributed by atoms with Crippen molar-refractivity contribution < 1.29 is 25.9 Å². The lowest BCUT2D eigenvalue weighted by molar-refractivity contribution is 0.487. The van der Waals surface area contributed by atoms with Crippen molar-refractivity contribution in [1.82, 2.24) is 0 Å². The van der Waals surface area contributed by atoms with Gasteiger partial charge in [0.05, 0.1) is 9.81 Å². The van der Waals surface area contributed by atoms with Crippen LogP contribution in [-0.2, 0) is 20.2 Å². The molecule has 0 bridgehead atoms. The zero-order valence-electron chi connectivity index (χ0n) is 11.1. The molecule has 20 heavy (non-hydrogen) atoms. The molecule has 1 rings (SSSR count). The Balaban J connectivity index is 3.64. The lowest BCUT2D eigenvalue weighted by Gasteiger charge is -2.19. The Bertz CT molecular complexity index is 729. The van der Waals surface area contributed by atoms with Gasteiger partial charge >= 0.3 is 0 Å². The summed E-state index contributed by atoms with van der Waals surface area (Å²) in [6.45, 7) is 6.68. The van der Waals surface area contributed by atoms with Gasteiger partial charge in [0.15, 0.2) is 0 Å². The minimum Gasteiger partial charge on any atom is -0.282 e. The zero-order valence-corrected chi connectivity index (χ0v) is 12.8. The summed E-state index contributed by atoms with van der Waals surface area (Å²) in [7, 11) is -9.02. The van der Waals surface area contributed by atoms with E-state index in [4.69, 9.17) is 4.55 Å². The van der Waals surface area contributed by atoms with Gasteiger partial charge in [-0.25, -0.2) is 0 Å². The van der Waals surface area contributed by atoms with Crippen molar-refractivity contribution in [2.24, 2.45) is 0 Å². The van der Waals surface area contributed by atoms with Crippen molar-refractivity contribution >= 4 is 20.2 Å². The molecule has 1 aliphatic rings. The lowest BCUT2D eigenvalue weighted by Crippen LogP contribution is -2.13. The molecule has 0 heterocycles. The van der Waals surface area contributed by atoms with Crippen molar-refractivity contribution in [3.63, 3.8) is 0 Å². The first-order valence-electron chi connectivity index (χ1n) is 5.67. The second kappa shape index (κ2) is 5.65. The average molecular weight is 320 g/mol. The van der Waals surface area contributed by atoms with E-state index in [-0.39, 0.29) is 28.9 Å². The fourth-order valence-corrected chi connectivity index (χ4v) is 3.19. The Morgan fingerprint density at radius 2 is 1.80 bits per heavy atom. The number of rotatable bonds is 4. The predicted molar refractivity (Wildman–Crippen MR) is 76.0 cm³/mol. The number of hydrogen-bond acceptors (Lipinski definition) is 4. The molecule has 0 spiro atoms. The van der Waals surface area contributed by atoms with E-state index < -0.39 is 25.1 Å². The van der Waals surface area contributed by atoms with E-state index in [9.17, 15) is 21.4 Å². The predicted octanol–water partition coefficient (Wildman–Crippen LogP) is 2.22. The molecule has 6 nitrogen and oxygen atoms in total. The lowest BCUT2D eigenvalue weighted by atomic mass is 9.96. The first-order chi connectivity index (χ1) is 8.94. The van der Waals surface area contributed by atoms with E-state index in [2.05, 4.69) is 6.58 Å².